The predicted molar refractivity (Wildman–Crippen MR) is 135 cm³/mol. The standard InChI is InChI=1S/C26H31ClFN5O4/c1-2-3-4-5-9-36-26(34)33-13-18-15-35-10-8-22(19(18)14-33)37-25-23(28)24(30-16-31-25)32-21-7-6-17(12-29)11-20(21)27/h6-7,11,16,18-19,22H,2-5,8-10,13-15H2,1H3,(H,30,31,32)/t18?,19?,22-/m0/s1. The van der Waals surface area contributed by atoms with E-state index in [-0.39, 0.29) is 34.6 Å². The van der Waals surface area contributed by atoms with E-state index >= 15 is 4.39 Å². The second kappa shape index (κ2) is 12.9. The SMILES string of the molecule is CCCCCCOC(=O)N1CC2COCC[C@H](Oc3ncnc(Nc4ccc(C#N)cc4Cl)c3F)C2C1. The highest BCUT2D eigenvalue weighted by Crippen LogP contribution is 2.35. The molecule has 0 spiro atoms. The number of nitriles is 1. The Morgan fingerprint density at radius 3 is 2.97 bits per heavy atom. The lowest BCUT2D eigenvalue weighted by molar-refractivity contribution is 0.0862. The molecule has 2 fully saturated rings. The van der Waals surface area contributed by atoms with Crippen LogP contribution in [0, 0.1) is 29.0 Å². The van der Waals surface area contributed by atoms with Gasteiger partial charge in [0.25, 0.3) is 5.88 Å². The number of amides is 1. The highest BCUT2D eigenvalue weighted by Gasteiger charge is 2.43. The molecule has 2 saturated heterocycles. The molecule has 9 nitrogen and oxygen atoms in total. The number of carbonyl (C=O) groups excluding carboxylic acids is 1. The van der Waals surface area contributed by atoms with Gasteiger partial charge in [-0.1, -0.05) is 37.8 Å². The van der Waals surface area contributed by atoms with E-state index < -0.39 is 11.9 Å². The first kappa shape index (κ1) is 26.9. The van der Waals surface area contributed by atoms with Crippen LogP contribution in [0.15, 0.2) is 24.5 Å². The van der Waals surface area contributed by atoms with Gasteiger partial charge in [0.05, 0.1) is 42.2 Å². The number of benzene rings is 1. The molecule has 0 saturated carbocycles. The van der Waals surface area contributed by atoms with Crippen LogP contribution in [-0.4, -0.2) is 60.0 Å². The number of hydrogen-bond donors (Lipinski definition) is 1. The lowest BCUT2D eigenvalue weighted by atomic mass is 9.90. The van der Waals surface area contributed by atoms with Crippen LogP contribution in [0.4, 0.5) is 20.7 Å². The fraction of sp³-hybridized carbons (Fsp3) is 0.538. The third kappa shape index (κ3) is 6.79. The fourth-order valence-corrected chi connectivity index (χ4v) is 4.93. The first-order chi connectivity index (χ1) is 18.0. The summed E-state index contributed by atoms with van der Waals surface area (Å²) in [5.74, 6) is -1.04. The predicted octanol–water partition coefficient (Wildman–Crippen LogP) is 5.32. The summed E-state index contributed by atoms with van der Waals surface area (Å²) in [6.07, 6.45) is 5.16. The molecule has 0 aliphatic carbocycles. The molecule has 1 N–H and O–H groups in total. The number of halogens is 2. The molecule has 2 unspecified atom stereocenters. The fourth-order valence-electron chi connectivity index (χ4n) is 4.70. The molecule has 1 aromatic carbocycles. The third-order valence-corrected chi connectivity index (χ3v) is 7.01. The van der Waals surface area contributed by atoms with Crippen LogP contribution in [-0.2, 0) is 9.47 Å². The maximum atomic E-state index is 15.3. The van der Waals surface area contributed by atoms with Crippen molar-refractivity contribution in [3.63, 3.8) is 0 Å². The van der Waals surface area contributed by atoms with Gasteiger partial charge in [0, 0.05) is 31.3 Å². The van der Waals surface area contributed by atoms with Crippen molar-refractivity contribution in [2.75, 3.05) is 38.2 Å². The number of likely N-dealkylation sites (tertiary alicyclic amines) is 1. The molecular weight excluding hydrogens is 501 g/mol. The number of aromatic nitrogens is 2. The number of fused-ring (bicyclic) bond motifs is 1. The van der Waals surface area contributed by atoms with Crippen molar-refractivity contribution in [1.29, 1.82) is 5.26 Å². The zero-order chi connectivity index (χ0) is 26.2. The van der Waals surface area contributed by atoms with E-state index in [1.165, 1.54) is 12.4 Å². The average Bonchev–Trinajstić information content (AvgIpc) is 3.24. The van der Waals surface area contributed by atoms with Gasteiger partial charge in [-0.15, -0.1) is 0 Å². The molecule has 1 amide bonds. The molecule has 0 radical (unpaired) electrons. The van der Waals surface area contributed by atoms with Gasteiger partial charge in [0.1, 0.15) is 12.4 Å². The minimum atomic E-state index is -0.758. The molecule has 2 aliphatic rings. The maximum absolute atomic E-state index is 15.3. The van der Waals surface area contributed by atoms with Crippen LogP contribution in [0.25, 0.3) is 0 Å². The van der Waals surface area contributed by atoms with E-state index in [1.807, 2.05) is 6.07 Å². The molecule has 3 atom stereocenters. The van der Waals surface area contributed by atoms with Gasteiger partial charge in [0.15, 0.2) is 5.82 Å². The Balaban J connectivity index is 1.42. The van der Waals surface area contributed by atoms with Gasteiger partial charge in [-0.3, -0.25) is 0 Å². The summed E-state index contributed by atoms with van der Waals surface area (Å²) in [6, 6.07) is 6.62. The van der Waals surface area contributed by atoms with Gasteiger partial charge in [0.2, 0.25) is 5.82 Å². The Morgan fingerprint density at radius 2 is 2.19 bits per heavy atom. The van der Waals surface area contributed by atoms with E-state index in [0.29, 0.717) is 50.6 Å². The molecule has 37 heavy (non-hydrogen) atoms. The number of unbranched alkanes of at least 4 members (excludes halogenated alkanes) is 3. The second-order valence-corrected chi connectivity index (χ2v) is 9.70. The lowest BCUT2D eigenvalue weighted by Crippen LogP contribution is -2.34. The van der Waals surface area contributed by atoms with E-state index in [0.717, 1.165) is 25.7 Å². The van der Waals surface area contributed by atoms with E-state index in [4.69, 9.17) is 31.1 Å². The Morgan fingerprint density at radius 1 is 1.32 bits per heavy atom. The summed E-state index contributed by atoms with van der Waals surface area (Å²) in [7, 11) is 0. The molecule has 2 aliphatic heterocycles. The minimum Gasteiger partial charge on any atom is -0.472 e. The van der Waals surface area contributed by atoms with E-state index in [9.17, 15) is 4.79 Å². The van der Waals surface area contributed by atoms with Crippen LogP contribution in [0.2, 0.25) is 5.02 Å². The average molecular weight is 532 g/mol. The molecule has 198 valence electrons. The monoisotopic (exact) mass is 531 g/mol. The van der Waals surface area contributed by atoms with Crippen molar-refractivity contribution < 1.29 is 23.4 Å². The van der Waals surface area contributed by atoms with Gasteiger partial charge in [-0.2, -0.15) is 14.6 Å². The molecule has 1 aromatic heterocycles. The van der Waals surface area contributed by atoms with Crippen molar-refractivity contribution in [3.05, 3.63) is 40.9 Å². The summed E-state index contributed by atoms with van der Waals surface area (Å²) in [5, 5.41) is 12.1. The van der Waals surface area contributed by atoms with Gasteiger partial charge in [-0.05, 0) is 24.6 Å². The summed E-state index contributed by atoms with van der Waals surface area (Å²) in [6.45, 7) is 4.47. The quantitative estimate of drug-likeness (QED) is 0.433. The smallest absolute Gasteiger partial charge is 0.409 e. The van der Waals surface area contributed by atoms with Crippen LogP contribution in [0.1, 0.15) is 44.6 Å². The Labute approximate surface area is 220 Å². The van der Waals surface area contributed by atoms with Crippen molar-refractivity contribution in [2.45, 2.75) is 45.1 Å². The number of rotatable bonds is 9. The van der Waals surface area contributed by atoms with Crippen molar-refractivity contribution in [1.82, 2.24) is 14.9 Å². The van der Waals surface area contributed by atoms with E-state index in [1.54, 1.807) is 17.0 Å². The molecule has 2 aromatic rings. The topological polar surface area (TPSA) is 110 Å². The number of hydrogen-bond acceptors (Lipinski definition) is 8. The highest BCUT2D eigenvalue weighted by molar-refractivity contribution is 6.33. The normalized spacial score (nSPS) is 21.0. The number of ether oxygens (including phenoxy) is 3. The molecular formula is C26H31ClFN5O4. The van der Waals surface area contributed by atoms with Crippen molar-refractivity contribution >= 4 is 29.2 Å². The first-order valence-corrected chi connectivity index (χ1v) is 13.0. The zero-order valence-electron chi connectivity index (χ0n) is 20.8. The Kier molecular flexibility index (Phi) is 9.36. The molecule has 0 bridgehead atoms. The van der Waals surface area contributed by atoms with Gasteiger partial charge < -0.3 is 24.4 Å². The summed E-state index contributed by atoms with van der Waals surface area (Å²) >= 11 is 6.21. The number of nitrogens with one attached hydrogen (secondary N) is 1. The van der Waals surface area contributed by atoms with Crippen LogP contribution >= 0.6 is 11.6 Å². The second-order valence-electron chi connectivity index (χ2n) is 9.30. The third-order valence-electron chi connectivity index (χ3n) is 6.70. The summed E-state index contributed by atoms with van der Waals surface area (Å²) in [5.41, 5.74) is 0.783. The first-order valence-electron chi connectivity index (χ1n) is 12.6. The Hall–Kier alpha value is -3.16. The largest absolute Gasteiger partial charge is 0.472 e. The number of anilines is 2. The lowest BCUT2D eigenvalue weighted by Gasteiger charge is -2.25. The summed E-state index contributed by atoms with van der Waals surface area (Å²) in [4.78, 5) is 22.3. The van der Waals surface area contributed by atoms with Crippen LogP contribution in [0.5, 0.6) is 5.88 Å². The van der Waals surface area contributed by atoms with Crippen LogP contribution in [0.3, 0.4) is 0 Å². The minimum absolute atomic E-state index is 0.0473. The van der Waals surface area contributed by atoms with Crippen molar-refractivity contribution in [3.8, 4) is 11.9 Å². The van der Waals surface area contributed by atoms with Crippen LogP contribution < -0.4 is 10.1 Å². The molecule has 3 heterocycles. The van der Waals surface area contributed by atoms with Gasteiger partial charge >= 0.3 is 6.09 Å². The van der Waals surface area contributed by atoms with Gasteiger partial charge in [-0.25, -0.2) is 9.78 Å². The molecule has 11 heteroatoms. The highest BCUT2D eigenvalue weighted by atomic mass is 35.5. The van der Waals surface area contributed by atoms with E-state index in [2.05, 4.69) is 22.2 Å². The number of carbonyl (C=O) groups is 1. The number of nitrogens with zero attached hydrogens (tertiary/aromatic N) is 4. The maximum Gasteiger partial charge on any atom is 0.409 e. The summed E-state index contributed by atoms with van der Waals surface area (Å²) < 4.78 is 32.6. The zero-order valence-corrected chi connectivity index (χ0v) is 21.5. The van der Waals surface area contributed by atoms with Crippen molar-refractivity contribution in [2.24, 2.45) is 11.8 Å². The molecule has 4 rings (SSSR count). The Bertz CT molecular complexity index is 1130.